The van der Waals surface area contributed by atoms with Crippen molar-refractivity contribution in [2.75, 3.05) is 82.1 Å². The summed E-state index contributed by atoms with van der Waals surface area (Å²) in [6, 6.07) is 11.6. The van der Waals surface area contributed by atoms with Crippen molar-refractivity contribution in [1.82, 2.24) is 58.7 Å². The molecule has 5 unspecified atom stereocenters. The van der Waals surface area contributed by atoms with Crippen molar-refractivity contribution >= 4 is 56.4 Å². The average Bonchev–Trinajstić information content (AvgIpc) is 1.63. The van der Waals surface area contributed by atoms with E-state index in [2.05, 4.69) is 31.4 Å². The van der Waals surface area contributed by atoms with Crippen LogP contribution in [-0.2, 0) is 39.9 Å². The monoisotopic (exact) mass is 1160 g/mol. The standard InChI is InChI=1S/C37H43FN8O5.C23H25FN8O2/c1-47-26-9-8-23(30(13-26)48-2)17-39-35-41-29-15-31(49-3)28(38)14-27(29)33-42-34(43-46(33)35)37-16-24(37)19-44(22-37)25-18-40-45(20-25)21-36(10-6-11-36)51-32-7-4-5-12-50-32;1-34-18-6-17-15(5-16(18)24)19-28-20(29-32(19)21(25)27-17)23-7-13(23)9-30(12-23)14-8-26-31(10-14)11-22(33)3-2-4-22/h8-9,13-15,18,20,24,32H,4-7,10-12,16-17,19,21-22H2,1-3H3,(H,39,41);5-6,8,10,13,33H,2-4,7,9,11-12H2,1H3,(H2,25,27). The molecule has 9 heterocycles. The van der Waals surface area contributed by atoms with E-state index in [1.54, 1.807) is 24.8 Å². The van der Waals surface area contributed by atoms with Crippen molar-refractivity contribution < 1.29 is 42.3 Å². The van der Waals surface area contributed by atoms with E-state index in [0.29, 0.717) is 81.3 Å². The molecule has 3 aliphatic heterocycles. The fourth-order valence-electron chi connectivity index (χ4n) is 13.8. The first-order valence-corrected chi connectivity index (χ1v) is 29.4. The number of nitrogens with zero attached hydrogens (tertiary/aromatic N) is 14. The van der Waals surface area contributed by atoms with Crippen LogP contribution in [0.5, 0.6) is 23.0 Å². The topological polar surface area (TPSA) is 242 Å². The third kappa shape index (κ3) is 9.30. The molecule has 16 rings (SSSR count). The fourth-order valence-corrected chi connectivity index (χ4v) is 13.8. The lowest BCUT2D eigenvalue weighted by Crippen LogP contribution is -2.47. The Bertz CT molecular complexity index is 4060. The Morgan fingerprint density at radius 3 is 1.85 bits per heavy atom. The second kappa shape index (κ2) is 20.2. The largest absolute Gasteiger partial charge is 0.497 e. The summed E-state index contributed by atoms with van der Waals surface area (Å²) in [6.45, 7) is 5.78. The first-order chi connectivity index (χ1) is 41.3. The molecule has 3 saturated heterocycles. The number of piperidine rings is 2. The molecule has 9 aromatic rings. The van der Waals surface area contributed by atoms with E-state index in [0.717, 1.165) is 126 Å². The Balaban J connectivity index is 0.000000156. The third-order valence-corrected chi connectivity index (χ3v) is 19.2. The van der Waals surface area contributed by atoms with Crippen LogP contribution < -0.4 is 39.8 Å². The Hall–Kier alpha value is -8.16. The maximum Gasteiger partial charge on any atom is 0.226 e. The first kappa shape index (κ1) is 53.6. The minimum absolute atomic E-state index is 0.107. The number of aliphatic hydroxyl groups is 1. The van der Waals surface area contributed by atoms with Gasteiger partial charge >= 0.3 is 0 Å². The van der Waals surface area contributed by atoms with Crippen molar-refractivity contribution in [2.45, 2.75) is 119 Å². The number of hydrogen-bond donors (Lipinski definition) is 3. The highest BCUT2D eigenvalue weighted by Gasteiger charge is 2.65. The molecule has 4 N–H and O–H groups in total. The molecule has 444 valence electrons. The number of rotatable bonds is 17. The molecule has 85 heavy (non-hydrogen) atoms. The van der Waals surface area contributed by atoms with Crippen LogP contribution in [0.2, 0.25) is 0 Å². The SMILES string of the molecule is COc1cc2nc(N)n3nc(C45CC4CN(c4cnn(CC6(O)CCC6)c4)C5)nc3c2cc1F.COc1ccc(CNc2nc3cc(OC)c(F)cc3c3nc(C45CC4CN(c4cnn(CC6(OC7CCCCO7)CCC6)c4)C5)nn23)c(OC)c1. The number of ether oxygens (including phenoxy) is 6. The second-order valence-electron chi connectivity index (χ2n) is 24.5. The maximum absolute atomic E-state index is 15.1. The number of benzene rings is 3. The van der Waals surface area contributed by atoms with Crippen LogP contribution in [0.1, 0.15) is 87.8 Å². The van der Waals surface area contributed by atoms with Crippen LogP contribution >= 0.6 is 0 Å². The summed E-state index contributed by atoms with van der Waals surface area (Å²) >= 11 is 0. The number of methoxy groups -OCH3 is 4. The summed E-state index contributed by atoms with van der Waals surface area (Å²) in [5.74, 6) is 3.64. The Labute approximate surface area is 487 Å². The highest BCUT2D eigenvalue weighted by molar-refractivity contribution is 5.94. The fraction of sp³-hybridized carbons (Fsp3) is 0.500. The van der Waals surface area contributed by atoms with Gasteiger partial charge in [-0.05, 0) is 107 Å². The van der Waals surface area contributed by atoms with Gasteiger partial charge in [0.15, 0.2) is 52.4 Å². The van der Waals surface area contributed by atoms with Gasteiger partial charge in [-0.2, -0.15) is 19.2 Å². The molecule has 0 spiro atoms. The van der Waals surface area contributed by atoms with Gasteiger partial charge in [0.25, 0.3) is 0 Å². The smallest absolute Gasteiger partial charge is 0.226 e. The van der Waals surface area contributed by atoms with E-state index in [1.165, 1.54) is 43.4 Å². The Morgan fingerprint density at radius 2 is 1.28 bits per heavy atom. The lowest BCUT2D eigenvalue weighted by atomic mass is 9.80. The van der Waals surface area contributed by atoms with Crippen molar-refractivity contribution in [3.05, 3.63) is 96.1 Å². The number of anilines is 4. The molecular formula is C60H68F2N16O7. The van der Waals surface area contributed by atoms with Gasteiger partial charge in [0, 0.05) is 86.3 Å². The molecule has 5 atom stereocenters. The average molecular weight is 1160 g/mol. The van der Waals surface area contributed by atoms with Gasteiger partial charge in [0.1, 0.15) is 11.5 Å². The van der Waals surface area contributed by atoms with Crippen molar-refractivity contribution in [3.63, 3.8) is 0 Å². The lowest BCUT2D eigenvalue weighted by molar-refractivity contribution is -0.251. The molecule has 0 bridgehead atoms. The quantitative estimate of drug-likeness (QED) is 0.0805. The number of aromatic nitrogens is 12. The van der Waals surface area contributed by atoms with E-state index in [1.807, 2.05) is 46.2 Å². The first-order valence-electron chi connectivity index (χ1n) is 29.4. The molecule has 7 fully saturated rings. The Kier molecular flexibility index (Phi) is 12.8. The maximum atomic E-state index is 15.1. The number of halogens is 2. The summed E-state index contributed by atoms with van der Waals surface area (Å²) in [5.41, 5.74) is 10.1. The van der Waals surface area contributed by atoms with Crippen LogP contribution in [0.4, 0.5) is 32.1 Å². The highest BCUT2D eigenvalue weighted by atomic mass is 19.1. The van der Waals surface area contributed by atoms with Gasteiger partial charge in [0.05, 0.1) is 98.4 Å². The van der Waals surface area contributed by atoms with Gasteiger partial charge < -0.3 is 54.4 Å². The summed E-state index contributed by atoms with van der Waals surface area (Å²) in [6.07, 6.45) is 19.1. The molecule has 7 aliphatic rings. The van der Waals surface area contributed by atoms with Gasteiger partial charge in [-0.1, -0.05) is 0 Å². The minimum Gasteiger partial charge on any atom is -0.497 e. The molecule has 6 aromatic heterocycles. The zero-order valence-corrected chi connectivity index (χ0v) is 48.0. The van der Waals surface area contributed by atoms with Crippen LogP contribution in [0.3, 0.4) is 0 Å². The van der Waals surface area contributed by atoms with Gasteiger partial charge in [-0.3, -0.25) is 9.36 Å². The van der Waals surface area contributed by atoms with Gasteiger partial charge in [-0.25, -0.2) is 28.7 Å². The lowest BCUT2D eigenvalue weighted by Gasteiger charge is -2.44. The number of fused-ring (bicyclic) bond motifs is 8. The predicted molar refractivity (Wildman–Crippen MR) is 309 cm³/mol. The molecule has 0 amide bonds. The van der Waals surface area contributed by atoms with Crippen LogP contribution in [0, 0.1) is 23.5 Å². The van der Waals surface area contributed by atoms with Crippen LogP contribution in [0.25, 0.3) is 33.1 Å². The summed E-state index contributed by atoms with van der Waals surface area (Å²) in [4.78, 5) is 23.9. The molecule has 25 heteroatoms. The number of nitrogens with one attached hydrogen (secondary N) is 1. The number of nitrogens with two attached hydrogens (primary N) is 1. The van der Waals surface area contributed by atoms with E-state index in [-0.39, 0.29) is 40.2 Å². The Morgan fingerprint density at radius 1 is 0.682 bits per heavy atom. The molecule has 23 nitrogen and oxygen atoms in total. The number of nitrogen functional groups attached to an aromatic ring is 1. The number of hydrogen-bond acceptors (Lipinski definition) is 19. The van der Waals surface area contributed by atoms with E-state index in [4.69, 9.17) is 64.4 Å². The molecule has 0 radical (unpaired) electrons. The second-order valence-corrected chi connectivity index (χ2v) is 24.5. The molecule has 3 aromatic carbocycles. The minimum atomic E-state index is -0.613. The van der Waals surface area contributed by atoms with Crippen molar-refractivity contribution in [2.24, 2.45) is 11.8 Å². The molecular weight excluding hydrogens is 1090 g/mol. The normalized spacial score (nSPS) is 24.2. The van der Waals surface area contributed by atoms with Gasteiger partial charge in [0.2, 0.25) is 11.9 Å². The summed E-state index contributed by atoms with van der Waals surface area (Å²) in [7, 11) is 6.11. The van der Waals surface area contributed by atoms with E-state index >= 15 is 4.39 Å². The van der Waals surface area contributed by atoms with E-state index in [9.17, 15) is 9.50 Å². The zero-order chi connectivity index (χ0) is 58.0. The summed E-state index contributed by atoms with van der Waals surface area (Å²) in [5, 5.41) is 34.0. The van der Waals surface area contributed by atoms with Crippen LogP contribution in [-0.4, -0.2) is 143 Å². The van der Waals surface area contributed by atoms with Crippen molar-refractivity contribution in [3.8, 4) is 23.0 Å². The zero-order valence-electron chi connectivity index (χ0n) is 48.0. The van der Waals surface area contributed by atoms with E-state index < -0.39 is 17.2 Å². The third-order valence-electron chi connectivity index (χ3n) is 19.2. The van der Waals surface area contributed by atoms with Crippen LogP contribution in [0.15, 0.2) is 67.3 Å². The molecule has 4 aliphatic carbocycles. The predicted octanol–water partition coefficient (Wildman–Crippen LogP) is 7.39. The van der Waals surface area contributed by atoms with Gasteiger partial charge in [-0.15, -0.1) is 10.2 Å². The summed E-state index contributed by atoms with van der Waals surface area (Å²) < 4.78 is 70.4. The molecule has 4 saturated carbocycles. The van der Waals surface area contributed by atoms with Crippen molar-refractivity contribution in [1.29, 1.82) is 0 Å². The highest BCUT2D eigenvalue weighted by Crippen LogP contribution is 2.60.